The molecule has 0 fully saturated rings. The van der Waals surface area contributed by atoms with Gasteiger partial charge in [-0.05, 0) is 24.5 Å². The van der Waals surface area contributed by atoms with Gasteiger partial charge in [-0.2, -0.15) is 0 Å². The van der Waals surface area contributed by atoms with E-state index in [1.807, 2.05) is 13.8 Å². The van der Waals surface area contributed by atoms with Gasteiger partial charge in [0, 0.05) is 13.0 Å². The second kappa shape index (κ2) is 8.54. The first-order chi connectivity index (χ1) is 11.6. The summed E-state index contributed by atoms with van der Waals surface area (Å²) < 4.78 is 1.29. The lowest BCUT2D eigenvalue weighted by molar-refractivity contribution is -0.122. The number of amides is 1. The Labute approximate surface area is 140 Å². The first kappa shape index (κ1) is 18.1. The molecule has 0 spiro atoms. The van der Waals surface area contributed by atoms with Crippen molar-refractivity contribution in [3.63, 3.8) is 0 Å². The molecule has 24 heavy (non-hydrogen) atoms. The van der Waals surface area contributed by atoms with Crippen LogP contribution in [0, 0.1) is 5.92 Å². The molecule has 1 aromatic heterocycles. The summed E-state index contributed by atoms with van der Waals surface area (Å²) in [6.45, 7) is 4.27. The SMILES string of the molecule is CC[C@H](C)[C@H](CO)NC(=O)CCCn1nnc2ccccc2c1=O. The Kier molecular flexibility index (Phi) is 6.43. The van der Waals surface area contributed by atoms with Crippen LogP contribution in [0.1, 0.15) is 33.1 Å². The van der Waals surface area contributed by atoms with E-state index < -0.39 is 0 Å². The number of carbonyl (C=O) groups is 1. The van der Waals surface area contributed by atoms with Crippen molar-refractivity contribution < 1.29 is 9.90 Å². The molecule has 2 atom stereocenters. The first-order valence-electron chi connectivity index (χ1n) is 8.29. The number of aliphatic hydroxyl groups excluding tert-OH is 1. The predicted octanol–water partition coefficient (Wildman–Crippen LogP) is 1.09. The van der Waals surface area contributed by atoms with Crippen molar-refractivity contribution in [2.75, 3.05) is 6.61 Å². The molecule has 2 N–H and O–H groups in total. The molecule has 0 bridgehead atoms. The molecule has 1 heterocycles. The second-order valence-corrected chi connectivity index (χ2v) is 5.98. The maximum atomic E-state index is 12.3. The molecule has 130 valence electrons. The molecule has 0 aliphatic heterocycles. The summed E-state index contributed by atoms with van der Waals surface area (Å²) in [6, 6.07) is 6.82. The number of benzene rings is 1. The average Bonchev–Trinajstić information content (AvgIpc) is 2.61. The lowest BCUT2D eigenvalue weighted by Gasteiger charge is -2.22. The molecular formula is C17H24N4O3. The van der Waals surface area contributed by atoms with E-state index in [1.54, 1.807) is 24.3 Å². The summed E-state index contributed by atoms with van der Waals surface area (Å²) in [6.07, 6.45) is 1.64. The molecule has 2 aromatic rings. The minimum atomic E-state index is -0.231. The second-order valence-electron chi connectivity index (χ2n) is 5.98. The smallest absolute Gasteiger partial charge is 0.277 e. The van der Waals surface area contributed by atoms with Crippen LogP contribution in [0.3, 0.4) is 0 Å². The van der Waals surface area contributed by atoms with Gasteiger partial charge in [0.25, 0.3) is 5.56 Å². The lowest BCUT2D eigenvalue weighted by atomic mass is 10.00. The summed E-state index contributed by atoms with van der Waals surface area (Å²) in [5.41, 5.74) is 0.365. The summed E-state index contributed by atoms with van der Waals surface area (Å²) >= 11 is 0. The van der Waals surface area contributed by atoms with Gasteiger partial charge < -0.3 is 10.4 Å². The quantitative estimate of drug-likeness (QED) is 0.754. The number of fused-ring (bicyclic) bond motifs is 1. The van der Waals surface area contributed by atoms with Crippen LogP contribution in [0.4, 0.5) is 0 Å². The number of nitrogens with one attached hydrogen (secondary N) is 1. The van der Waals surface area contributed by atoms with E-state index in [0.29, 0.717) is 23.9 Å². The van der Waals surface area contributed by atoms with Crippen LogP contribution in [0.5, 0.6) is 0 Å². The van der Waals surface area contributed by atoms with Crippen LogP contribution < -0.4 is 10.9 Å². The fraction of sp³-hybridized carbons (Fsp3) is 0.529. The zero-order chi connectivity index (χ0) is 17.5. The Morgan fingerprint density at radius 1 is 1.38 bits per heavy atom. The zero-order valence-corrected chi connectivity index (χ0v) is 14.1. The molecule has 7 heteroatoms. The van der Waals surface area contributed by atoms with Gasteiger partial charge in [-0.15, -0.1) is 5.10 Å². The maximum Gasteiger partial charge on any atom is 0.277 e. The highest BCUT2D eigenvalue weighted by molar-refractivity contribution is 5.77. The Hall–Kier alpha value is -2.28. The summed E-state index contributed by atoms with van der Waals surface area (Å²) in [7, 11) is 0. The average molecular weight is 332 g/mol. The molecule has 0 radical (unpaired) electrons. The molecule has 0 aliphatic rings. The van der Waals surface area contributed by atoms with Crippen LogP contribution in [-0.4, -0.2) is 38.7 Å². The van der Waals surface area contributed by atoms with E-state index in [1.165, 1.54) is 4.68 Å². The highest BCUT2D eigenvalue weighted by Gasteiger charge is 2.17. The van der Waals surface area contributed by atoms with E-state index in [-0.39, 0.29) is 36.5 Å². The highest BCUT2D eigenvalue weighted by atomic mass is 16.3. The third-order valence-electron chi connectivity index (χ3n) is 4.28. The standard InChI is InChI=1S/C17H24N4O3/c1-3-12(2)15(11-22)18-16(23)9-6-10-21-17(24)13-7-4-5-8-14(13)19-20-21/h4-5,7-8,12,15,22H,3,6,9-11H2,1-2H3,(H,18,23)/t12-,15-/m0/s1. The van der Waals surface area contributed by atoms with Crippen LogP contribution >= 0.6 is 0 Å². The molecular weight excluding hydrogens is 308 g/mol. The lowest BCUT2D eigenvalue weighted by Crippen LogP contribution is -2.41. The fourth-order valence-corrected chi connectivity index (χ4v) is 2.49. The monoisotopic (exact) mass is 332 g/mol. The Morgan fingerprint density at radius 3 is 2.83 bits per heavy atom. The normalized spacial score (nSPS) is 13.6. The topological polar surface area (TPSA) is 97.1 Å². The van der Waals surface area contributed by atoms with Crippen LogP contribution in [0.2, 0.25) is 0 Å². The molecule has 1 aromatic carbocycles. The number of aryl methyl sites for hydroxylation is 1. The third-order valence-corrected chi connectivity index (χ3v) is 4.28. The first-order valence-corrected chi connectivity index (χ1v) is 8.29. The van der Waals surface area contributed by atoms with Crippen molar-refractivity contribution >= 4 is 16.8 Å². The summed E-state index contributed by atoms with van der Waals surface area (Å²) in [4.78, 5) is 24.3. The third kappa shape index (κ3) is 4.38. The van der Waals surface area contributed by atoms with Crippen LogP contribution in [0.25, 0.3) is 10.9 Å². The van der Waals surface area contributed by atoms with Crippen molar-refractivity contribution in [1.82, 2.24) is 20.3 Å². The summed E-state index contributed by atoms with van der Waals surface area (Å²) in [5.74, 6) is 0.0871. The molecule has 1 amide bonds. The largest absolute Gasteiger partial charge is 0.394 e. The van der Waals surface area contributed by atoms with Gasteiger partial charge in [0.05, 0.1) is 18.0 Å². The predicted molar refractivity (Wildman–Crippen MR) is 91.5 cm³/mol. The Morgan fingerprint density at radius 2 is 2.12 bits per heavy atom. The number of rotatable bonds is 8. The van der Waals surface area contributed by atoms with Gasteiger partial charge in [0.15, 0.2) is 0 Å². The fourth-order valence-electron chi connectivity index (χ4n) is 2.49. The van der Waals surface area contributed by atoms with Crippen LogP contribution in [0.15, 0.2) is 29.1 Å². The van der Waals surface area contributed by atoms with Crippen molar-refractivity contribution in [3.8, 4) is 0 Å². The van der Waals surface area contributed by atoms with Crippen molar-refractivity contribution in [3.05, 3.63) is 34.6 Å². The number of aliphatic hydroxyl groups is 1. The highest BCUT2D eigenvalue weighted by Crippen LogP contribution is 2.08. The van der Waals surface area contributed by atoms with Gasteiger partial charge in [0.2, 0.25) is 5.91 Å². The van der Waals surface area contributed by atoms with Crippen molar-refractivity contribution in [2.24, 2.45) is 5.92 Å². The van der Waals surface area contributed by atoms with E-state index in [9.17, 15) is 14.7 Å². The number of aromatic nitrogens is 3. The van der Waals surface area contributed by atoms with E-state index in [4.69, 9.17) is 0 Å². The van der Waals surface area contributed by atoms with Gasteiger partial charge in [-0.25, -0.2) is 4.68 Å². The molecule has 7 nitrogen and oxygen atoms in total. The Bertz CT molecular complexity index is 744. The minimum Gasteiger partial charge on any atom is -0.394 e. The zero-order valence-electron chi connectivity index (χ0n) is 14.1. The van der Waals surface area contributed by atoms with Gasteiger partial charge >= 0.3 is 0 Å². The molecule has 2 rings (SSSR count). The number of hydrogen-bond acceptors (Lipinski definition) is 5. The Balaban J connectivity index is 1.91. The van der Waals surface area contributed by atoms with E-state index in [2.05, 4.69) is 15.6 Å². The molecule has 0 saturated carbocycles. The number of hydrogen-bond donors (Lipinski definition) is 2. The molecule has 0 unspecified atom stereocenters. The van der Waals surface area contributed by atoms with E-state index >= 15 is 0 Å². The van der Waals surface area contributed by atoms with Crippen molar-refractivity contribution in [2.45, 2.75) is 45.7 Å². The summed E-state index contributed by atoms with van der Waals surface area (Å²) in [5, 5.41) is 20.6. The molecule has 0 saturated heterocycles. The maximum absolute atomic E-state index is 12.3. The minimum absolute atomic E-state index is 0.0731. The number of nitrogens with zero attached hydrogens (tertiary/aromatic N) is 3. The van der Waals surface area contributed by atoms with Crippen molar-refractivity contribution in [1.29, 1.82) is 0 Å². The number of carbonyl (C=O) groups excluding carboxylic acids is 1. The van der Waals surface area contributed by atoms with E-state index in [0.717, 1.165) is 6.42 Å². The van der Waals surface area contributed by atoms with Gasteiger partial charge in [-0.1, -0.05) is 37.6 Å². The molecule has 0 aliphatic carbocycles. The van der Waals surface area contributed by atoms with Gasteiger partial charge in [0.1, 0.15) is 5.52 Å². The van der Waals surface area contributed by atoms with Crippen LogP contribution in [-0.2, 0) is 11.3 Å². The van der Waals surface area contributed by atoms with Gasteiger partial charge in [-0.3, -0.25) is 9.59 Å².